The van der Waals surface area contributed by atoms with Crippen LogP contribution in [-0.4, -0.2) is 35.6 Å². The monoisotopic (exact) mass is 402 g/mol. The molecule has 1 fully saturated rings. The van der Waals surface area contributed by atoms with E-state index in [4.69, 9.17) is 11.6 Å². The van der Waals surface area contributed by atoms with E-state index in [2.05, 4.69) is 5.32 Å². The van der Waals surface area contributed by atoms with Crippen LogP contribution in [0.3, 0.4) is 0 Å². The molecule has 2 aromatic rings. The number of hydrogen-bond donors (Lipinski definition) is 1. The number of hydrogen-bond acceptors (Lipinski definition) is 3. The Morgan fingerprint density at radius 3 is 2.52 bits per heavy atom. The Morgan fingerprint density at radius 1 is 1.11 bits per heavy atom. The Balaban J connectivity index is 1.66. The Morgan fingerprint density at radius 2 is 1.78 bits per heavy atom. The lowest BCUT2D eigenvalue weighted by Gasteiger charge is -2.18. The molecule has 1 aliphatic rings. The Kier molecular flexibility index (Phi) is 6.80. The Bertz CT molecular complexity index is 821. The molecule has 1 aliphatic heterocycles. The zero-order chi connectivity index (χ0) is 19.2. The van der Waals surface area contributed by atoms with E-state index < -0.39 is 0 Å². The molecule has 4 nitrogen and oxygen atoms in total. The van der Waals surface area contributed by atoms with Crippen molar-refractivity contribution in [3.8, 4) is 0 Å². The van der Waals surface area contributed by atoms with Crippen LogP contribution in [-0.2, 0) is 4.79 Å². The topological polar surface area (TPSA) is 49.4 Å². The van der Waals surface area contributed by atoms with Crippen molar-refractivity contribution in [2.75, 3.05) is 18.8 Å². The van der Waals surface area contributed by atoms with Gasteiger partial charge in [0.25, 0.3) is 5.91 Å². The normalized spacial score (nSPS) is 14.8. The number of nitrogens with one attached hydrogen (secondary N) is 1. The molecule has 0 spiro atoms. The quantitative estimate of drug-likeness (QED) is 0.721. The lowest BCUT2D eigenvalue weighted by molar-refractivity contribution is -0.127. The molecule has 6 heteroatoms. The van der Waals surface area contributed by atoms with E-state index in [1.54, 1.807) is 6.07 Å². The minimum Gasteiger partial charge on any atom is -0.345 e. The highest BCUT2D eigenvalue weighted by Crippen LogP contribution is 2.26. The first-order valence-corrected chi connectivity index (χ1v) is 10.5. The van der Waals surface area contributed by atoms with Crippen LogP contribution >= 0.6 is 23.4 Å². The number of carbonyl (C=O) groups is 2. The van der Waals surface area contributed by atoms with Crippen molar-refractivity contribution in [1.29, 1.82) is 0 Å². The molecule has 142 valence electrons. The Hall–Kier alpha value is -1.98. The van der Waals surface area contributed by atoms with E-state index in [-0.39, 0.29) is 17.9 Å². The molecule has 1 unspecified atom stereocenters. The summed E-state index contributed by atoms with van der Waals surface area (Å²) in [5.74, 6) is 0.320. The van der Waals surface area contributed by atoms with Gasteiger partial charge >= 0.3 is 0 Å². The fourth-order valence-electron chi connectivity index (χ4n) is 3.16. The maximum absolute atomic E-state index is 12.8. The van der Waals surface area contributed by atoms with Crippen LogP contribution in [0.25, 0.3) is 0 Å². The predicted octanol–water partition coefficient (Wildman–Crippen LogP) is 4.55. The van der Waals surface area contributed by atoms with Crippen LogP contribution in [0.5, 0.6) is 0 Å². The number of nitrogens with zero attached hydrogens (tertiary/aromatic N) is 1. The third-order valence-corrected chi connectivity index (χ3v) is 6.06. The summed E-state index contributed by atoms with van der Waals surface area (Å²) in [6.45, 7) is 3.60. The molecule has 1 atom stereocenters. The molecule has 0 aliphatic carbocycles. The van der Waals surface area contributed by atoms with Crippen LogP contribution in [0.4, 0.5) is 0 Å². The van der Waals surface area contributed by atoms with Crippen molar-refractivity contribution in [2.24, 2.45) is 0 Å². The van der Waals surface area contributed by atoms with Gasteiger partial charge in [0.15, 0.2) is 0 Å². The standard InChI is InChI=1S/C21H23ClN2O2S/c1-15(16-8-2-4-10-18(16)22)23-21(26)17-9-3-5-11-19(17)27-14-20(25)24-12-6-7-13-24/h2-5,8-11,15H,6-7,12-14H2,1H3,(H,23,26). The van der Waals surface area contributed by atoms with Crippen molar-refractivity contribution in [2.45, 2.75) is 30.7 Å². The molecular formula is C21H23ClN2O2S. The van der Waals surface area contributed by atoms with E-state index in [0.717, 1.165) is 36.4 Å². The second kappa shape index (κ2) is 9.29. The molecule has 0 saturated carbocycles. The molecule has 2 aromatic carbocycles. The van der Waals surface area contributed by atoms with Gasteiger partial charge in [-0.3, -0.25) is 9.59 Å². The summed E-state index contributed by atoms with van der Waals surface area (Å²) in [7, 11) is 0. The number of benzene rings is 2. The molecule has 0 bridgehead atoms. The van der Waals surface area contributed by atoms with Gasteiger partial charge in [-0.15, -0.1) is 11.8 Å². The summed E-state index contributed by atoms with van der Waals surface area (Å²) in [6.07, 6.45) is 2.16. The van der Waals surface area contributed by atoms with Gasteiger partial charge in [-0.05, 0) is 43.5 Å². The van der Waals surface area contributed by atoms with Crippen molar-refractivity contribution in [1.82, 2.24) is 10.2 Å². The largest absolute Gasteiger partial charge is 0.345 e. The average Bonchev–Trinajstić information content (AvgIpc) is 3.21. The molecule has 1 saturated heterocycles. The van der Waals surface area contributed by atoms with Crippen LogP contribution in [0.1, 0.15) is 41.7 Å². The molecule has 1 heterocycles. The first-order chi connectivity index (χ1) is 13.1. The summed E-state index contributed by atoms with van der Waals surface area (Å²) in [6, 6.07) is 14.7. The Labute approximate surface area is 169 Å². The molecule has 27 heavy (non-hydrogen) atoms. The van der Waals surface area contributed by atoms with Crippen molar-refractivity contribution in [3.63, 3.8) is 0 Å². The van der Waals surface area contributed by atoms with Crippen LogP contribution < -0.4 is 5.32 Å². The number of thioether (sulfide) groups is 1. The smallest absolute Gasteiger partial charge is 0.252 e. The molecule has 2 amide bonds. The van der Waals surface area contributed by atoms with Gasteiger partial charge in [-0.25, -0.2) is 0 Å². The molecule has 0 radical (unpaired) electrons. The van der Waals surface area contributed by atoms with E-state index in [1.165, 1.54) is 11.8 Å². The van der Waals surface area contributed by atoms with Gasteiger partial charge in [-0.1, -0.05) is 41.9 Å². The van der Waals surface area contributed by atoms with E-state index in [1.807, 2.05) is 54.3 Å². The first-order valence-electron chi connectivity index (χ1n) is 9.11. The van der Waals surface area contributed by atoms with Crippen LogP contribution in [0.2, 0.25) is 5.02 Å². The summed E-state index contributed by atoms with van der Waals surface area (Å²) >= 11 is 7.65. The summed E-state index contributed by atoms with van der Waals surface area (Å²) in [4.78, 5) is 27.8. The zero-order valence-corrected chi connectivity index (χ0v) is 16.9. The summed E-state index contributed by atoms with van der Waals surface area (Å²) < 4.78 is 0. The van der Waals surface area contributed by atoms with Gasteiger partial charge < -0.3 is 10.2 Å². The zero-order valence-electron chi connectivity index (χ0n) is 15.3. The van der Waals surface area contributed by atoms with E-state index in [9.17, 15) is 9.59 Å². The molecule has 3 rings (SSSR count). The average molecular weight is 403 g/mol. The number of halogens is 1. The number of amides is 2. The number of rotatable bonds is 6. The third-order valence-electron chi connectivity index (χ3n) is 4.66. The van der Waals surface area contributed by atoms with Gasteiger partial charge in [0.05, 0.1) is 17.4 Å². The fraction of sp³-hybridized carbons (Fsp3) is 0.333. The van der Waals surface area contributed by atoms with Gasteiger partial charge in [-0.2, -0.15) is 0 Å². The van der Waals surface area contributed by atoms with Crippen molar-refractivity contribution < 1.29 is 9.59 Å². The second-order valence-electron chi connectivity index (χ2n) is 6.59. The van der Waals surface area contributed by atoms with Crippen molar-refractivity contribution in [3.05, 3.63) is 64.7 Å². The summed E-state index contributed by atoms with van der Waals surface area (Å²) in [5, 5.41) is 3.63. The van der Waals surface area contributed by atoms with Gasteiger partial charge in [0.1, 0.15) is 0 Å². The van der Waals surface area contributed by atoms with Gasteiger partial charge in [0.2, 0.25) is 5.91 Å². The molecule has 0 aromatic heterocycles. The third kappa shape index (κ3) is 5.05. The highest BCUT2D eigenvalue weighted by Gasteiger charge is 2.20. The second-order valence-corrected chi connectivity index (χ2v) is 8.01. The van der Waals surface area contributed by atoms with E-state index in [0.29, 0.717) is 16.3 Å². The predicted molar refractivity (Wildman–Crippen MR) is 110 cm³/mol. The number of carbonyl (C=O) groups excluding carboxylic acids is 2. The summed E-state index contributed by atoms with van der Waals surface area (Å²) in [5.41, 5.74) is 1.46. The highest BCUT2D eigenvalue weighted by molar-refractivity contribution is 8.00. The minimum absolute atomic E-state index is 0.136. The van der Waals surface area contributed by atoms with E-state index >= 15 is 0 Å². The SMILES string of the molecule is CC(NC(=O)c1ccccc1SCC(=O)N1CCCC1)c1ccccc1Cl. The number of likely N-dealkylation sites (tertiary alicyclic amines) is 1. The highest BCUT2D eigenvalue weighted by atomic mass is 35.5. The minimum atomic E-state index is -0.213. The fourth-order valence-corrected chi connectivity index (χ4v) is 4.41. The van der Waals surface area contributed by atoms with Crippen LogP contribution in [0.15, 0.2) is 53.4 Å². The molecule has 1 N–H and O–H groups in total. The van der Waals surface area contributed by atoms with Crippen LogP contribution in [0, 0.1) is 0 Å². The maximum atomic E-state index is 12.8. The van der Waals surface area contributed by atoms with Gasteiger partial charge in [0, 0.05) is 23.0 Å². The maximum Gasteiger partial charge on any atom is 0.252 e. The lowest BCUT2D eigenvalue weighted by Crippen LogP contribution is -2.29. The first kappa shape index (κ1) is 19.8. The van der Waals surface area contributed by atoms with Crippen molar-refractivity contribution >= 4 is 35.2 Å². The lowest BCUT2D eigenvalue weighted by atomic mass is 10.1. The molecular weight excluding hydrogens is 380 g/mol.